The number of hydrogen-bond acceptors (Lipinski definition) is 3. The number of ketones is 1. The first-order valence-electron chi connectivity index (χ1n) is 4.55. The highest BCUT2D eigenvalue weighted by Gasteiger charge is 1.98. The van der Waals surface area contributed by atoms with Crippen LogP contribution in [0.2, 0.25) is 0 Å². The highest BCUT2D eigenvalue weighted by atomic mass is 16.4. The van der Waals surface area contributed by atoms with Gasteiger partial charge in [-0.3, -0.25) is 9.59 Å². The molecule has 2 N–H and O–H groups in total. The molecule has 4 heteroatoms. The zero-order chi connectivity index (χ0) is 10.1. The number of hydrogen-bond donors (Lipinski definition) is 2. The van der Waals surface area contributed by atoms with Crippen molar-refractivity contribution in [3.05, 3.63) is 0 Å². The lowest BCUT2D eigenvalue weighted by molar-refractivity contribution is -0.139. The Balaban J connectivity index is 0.000000223. The summed E-state index contributed by atoms with van der Waals surface area (Å²) in [5, 5.41) is 11.1. The molecule has 0 atom stereocenters. The predicted molar refractivity (Wildman–Crippen MR) is 49.7 cm³/mol. The second kappa shape index (κ2) is 7.73. The van der Waals surface area contributed by atoms with E-state index in [0.717, 1.165) is 0 Å². The molecule has 1 aliphatic heterocycles. The Bertz CT molecular complexity index is 141. The van der Waals surface area contributed by atoms with Crippen molar-refractivity contribution < 1.29 is 14.7 Å². The minimum absolute atomic E-state index is 0.312. The smallest absolute Gasteiger partial charge is 0.310 e. The van der Waals surface area contributed by atoms with Gasteiger partial charge in [-0.25, -0.2) is 0 Å². The maximum absolute atomic E-state index is 9.87. The van der Waals surface area contributed by atoms with E-state index in [1.165, 1.54) is 39.3 Å². The SMILES string of the molecule is C1CCNCC1.CC(=O)CC(=O)O. The second-order valence-corrected chi connectivity index (χ2v) is 3.08. The van der Waals surface area contributed by atoms with Gasteiger partial charge < -0.3 is 10.4 Å². The molecule has 1 aliphatic rings. The molecule has 13 heavy (non-hydrogen) atoms. The van der Waals surface area contributed by atoms with Crippen molar-refractivity contribution in [1.82, 2.24) is 5.32 Å². The fourth-order valence-corrected chi connectivity index (χ4v) is 1.01. The summed E-state index contributed by atoms with van der Waals surface area (Å²) in [6.45, 7) is 3.74. The molecule has 1 fully saturated rings. The van der Waals surface area contributed by atoms with Gasteiger partial charge in [-0.05, 0) is 32.9 Å². The summed E-state index contributed by atoms with van der Waals surface area (Å²) in [4.78, 5) is 19.5. The van der Waals surface area contributed by atoms with Crippen LogP contribution in [0.3, 0.4) is 0 Å². The van der Waals surface area contributed by atoms with Gasteiger partial charge in [0.05, 0.1) is 0 Å². The van der Waals surface area contributed by atoms with E-state index in [0.29, 0.717) is 0 Å². The molecule has 0 aliphatic carbocycles. The van der Waals surface area contributed by atoms with Crippen LogP contribution in [0.5, 0.6) is 0 Å². The van der Waals surface area contributed by atoms with E-state index in [1.54, 1.807) is 0 Å². The van der Waals surface area contributed by atoms with E-state index in [-0.39, 0.29) is 12.2 Å². The van der Waals surface area contributed by atoms with Crippen LogP contribution in [0.25, 0.3) is 0 Å². The molecule has 4 nitrogen and oxygen atoms in total. The van der Waals surface area contributed by atoms with Gasteiger partial charge in [0, 0.05) is 0 Å². The van der Waals surface area contributed by atoms with Crippen LogP contribution in [0.1, 0.15) is 32.6 Å². The Labute approximate surface area is 78.3 Å². The summed E-state index contributed by atoms with van der Waals surface area (Å²) in [7, 11) is 0. The number of rotatable bonds is 2. The summed E-state index contributed by atoms with van der Waals surface area (Å²) >= 11 is 0. The largest absolute Gasteiger partial charge is 0.481 e. The number of Topliss-reactive ketones (excluding diaryl/α,β-unsaturated/α-hetero) is 1. The minimum atomic E-state index is -1.06. The van der Waals surface area contributed by atoms with E-state index in [1.807, 2.05) is 0 Å². The molecular weight excluding hydrogens is 170 g/mol. The van der Waals surface area contributed by atoms with Gasteiger partial charge in [0.2, 0.25) is 0 Å². The Kier molecular flexibility index (Phi) is 7.20. The predicted octanol–water partition coefficient (Wildman–Crippen LogP) is 0.810. The zero-order valence-electron chi connectivity index (χ0n) is 8.01. The quantitative estimate of drug-likeness (QED) is 0.628. The van der Waals surface area contributed by atoms with Gasteiger partial charge in [-0.15, -0.1) is 0 Å². The van der Waals surface area contributed by atoms with Gasteiger partial charge in [-0.2, -0.15) is 0 Å². The van der Waals surface area contributed by atoms with Gasteiger partial charge in [0.15, 0.2) is 0 Å². The number of piperidine rings is 1. The van der Waals surface area contributed by atoms with Crippen molar-refractivity contribution >= 4 is 11.8 Å². The monoisotopic (exact) mass is 187 g/mol. The number of carboxylic acid groups (broad SMARTS) is 1. The van der Waals surface area contributed by atoms with Gasteiger partial charge in [0.1, 0.15) is 12.2 Å². The van der Waals surface area contributed by atoms with Crippen LogP contribution >= 0.6 is 0 Å². The van der Waals surface area contributed by atoms with Crippen LogP contribution in [0, 0.1) is 0 Å². The number of carbonyl (C=O) groups is 2. The molecule has 0 aromatic heterocycles. The summed E-state index contributed by atoms with van der Waals surface area (Å²) < 4.78 is 0. The van der Waals surface area contributed by atoms with Crippen LogP contribution in [-0.2, 0) is 9.59 Å². The third-order valence-electron chi connectivity index (χ3n) is 1.61. The third kappa shape index (κ3) is 11.1. The van der Waals surface area contributed by atoms with E-state index in [2.05, 4.69) is 5.32 Å². The molecule has 0 spiro atoms. The Hall–Kier alpha value is -0.900. The van der Waals surface area contributed by atoms with Crippen LogP contribution in [-0.4, -0.2) is 29.9 Å². The minimum Gasteiger partial charge on any atom is -0.481 e. The van der Waals surface area contributed by atoms with Gasteiger partial charge in [-0.1, -0.05) is 6.42 Å². The van der Waals surface area contributed by atoms with Crippen LogP contribution in [0.4, 0.5) is 0 Å². The first-order valence-corrected chi connectivity index (χ1v) is 4.55. The average molecular weight is 187 g/mol. The van der Waals surface area contributed by atoms with Crippen LogP contribution in [0.15, 0.2) is 0 Å². The maximum Gasteiger partial charge on any atom is 0.310 e. The lowest BCUT2D eigenvalue weighted by atomic mass is 10.2. The van der Waals surface area contributed by atoms with E-state index >= 15 is 0 Å². The van der Waals surface area contributed by atoms with Gasteiger partial charge >= 0.3 is 5.97 Å². The molecule has 0 aromatic rings. The lowest BCUT2D eigenvalue weighted by Crippen LogP contribution is -2.21. The molecule has 1 rings (SSSR count). The van der Waals surface area contributed by atoms with Crippen molar-refractivity contribution in [1.29, 1.82) is 0 Å². The molecule has 0 aromatic carbocycles. The fraction of sp³-hybridized carbons (Fsp3) is 0.778. The Morgan fingerprint density at radius 3 is 1.85 bits per heavy atom. The molecule has 0 radical (unpaired) electrons. The van der Waals surface area contributed by atoms with E-state index in [9.17, 15) is 9.59 Å². The molecule has 0 amide bonds. The third-order valence-corrected chi connectivity index (χ3v) is 1.61. The molecule has 76 valence electrons. The van der Waals surface area contributed by atoms with Crippen molar-refractivity contribution in [3.8, 4) is 0 Å². The Morgan fingerprint density at radius 1 is 1.23 bits per heavy atom. The highest BCUT2D eigenvalue weighted by molar-refractivity contribution is 5.93. The van der Waals surface area contributed by atoms with Crippen LogP contribution < -0.4 is 5.32 Å². The zero-order valence-corrected chi connectivity index (χ0v) is 8.01. The number of aliphatic carboxylic acids is 1. The fourth-order valence-electron chi connectivity index (χ4n) is 1.01. The second-order valence-electron chi connectivity index (χ2n) is 3.08. The molecule has 1 heterocycles. The topological polar surface area (TPSA) is 66.4 Å². The average Bonchev–Trinajstić information content (AvgIpc) is 2.06. The number of nitrogens with one attached hydrogen (secondary N) is 1. The molecular formula is C9H17NO3. The summed E-state index contributed by atoms with van der Waals surface area (Å²) in [6, 6.07) is 0. The van der Waals surface area contributed by atoms with Crippen molar-refractivity contribution in [2.45, 2.75) is 32.6 Å². The summed E-state index contributed by atoms with van der Waals surface area (Å²) in [6.07, 6.45) is 3.85. The maximum atomic E-state index is 9.87. The standard InChI is InChI=1S/C5H11N.C4H6O3/c1-2-4-6-5-3-1;1-3(5)2-4(6)7/h6H,1-5H2;2H2,1H3,(H,6,7). The van der Waals surface area contributed by atoms with E-state index in [4.69, 9.17) is 5.11 Å². The first kappa shape index (κ1) is 12.1. The number of carbonyl (C=O) groups excluding carboxylic acids is 1. The van der Waals surface area contributed by atoms with Crippen molar-refractivity contribution in [2.75, 3.05) is 13.1 Å². The summed E-state index contributed by atoms with van der Waals surface area (Å²) in [5.74, 6) is -1.37. The van der Waals surface area contributed by atoms with Crippen molar-refractivity contribution in [2.24, 2.45) is 0 Å². The molecule has 1 saturated heterocycles. The molecule has 0 bridgehead atoms. The molecule has 0 saturated carbocycles. The summed E-state index contributed by atoms with van der Waals surface area (Å²) in [5.41, 5.74) is 0. The lowest BCUT2D eigenvalue weighted by Gasteiger charge is -2.08. The van der Waals surface area contributed by atoms with Gasteiger partial charge in [0.25, 0.3) is 0 Å². The van der Waals surface area contributed by atoms with E-state index < -0.39 is 5.97 Å². The normalized spacial score (nSPS) is 15.5. The Morgan fingerprint density at radius 2 is 1.77 bits per heavy atom. The number of carboxylic acids is 1. The van der Waals surface area contributed by atoms with Crippen molar-refractivity contribution in [3.63, 3.8) is 0 Å². The highest BCUT2D eigenvalue weighted by Crippen LogP contribution is 1.96. The molecule has 0 unspecified atom stereocenters. The first-order chi connectivity index (χ1) is 6.13.